The molecule has 2 aromatic carbocycles. The van der Waals surface area contributed by atoms with Crippen molar-refractivity contribution < 1.29 is 9.31 Å². The van der Waals surface area contributed by atoms with E-state index in [1.165, 1.54) is 29.7 Å². The highest BCUT2D eigenvalue weighted by atomic mass is 35.5. The summed E-state index contributed by atoms with van der Waals surface area (Å²) in [7, 11) is 0. The van der Waals surface area contributed by atoms with E-state index in [1.54, 1.807) is 17.5 Å². The first kappa shape index (κ1) is 18.5. The maximum absolute atomic E-state index is 13.9. The zero-order chi connectivity index (χ0) is 19.4. The lowest BCUT2D eigenvalue weighted by atomic mass is 10.2. The van der Waals surface area contributed by atoms with Crippen LogP contribution in [0.5, 0.6) is 0 Å². The topological polar surface area (TPSA) is 91.8 Å². The van der Waals surface area contributed by atoms with Crippen LogP contribution >= 0.6 is 22.9 Å². The number of benzene rings is 2. The summed E-state index contributed by atoms with van der Waals surface area (Å²) in [5.41, 5.74) is 1.42. The lowest BCUT2D eigenvalue weighted by Crippen LogP contribution is -1.96. The molecule has 1 aromatic heterocycles. The number of aromatic nitrogens is 1. The Labute approximate surface area is 162 Å². The van der Waals surface area contributed by atoms with E-state index in [0.717, 1.165) is 11.6 Å². The Balaban J connectivity index is 1.82. The van der Waals surface area contributed by atoms with Crippen LogP contribution in [0.2, 0.25) is 5.02 Å². The molecular weight excluding hydrogens is 391 g/mol. The van der Waals surface area contributed by atoms with Crippen LogP contribution in [0.15, 0.2) is 54.0 Å². The van der Waals surface area contributed by atoms with E-state index in [4.69, 9.17) is 11.6 Å². The second-order valence-corrected chi connectivity index (χ2v) is 6.57. The number of non-ortho nitro benzene ring substituents is 1. The molecule has 0 atom stereocenters. The quantitative estimate of drug-likeness (QED) is 0.347. The van der Waals surface area contributed by atoms with Gasteiger partial charge in [0, 0.05) is 28.2 Å². The van der Waals surface area contributed by atoms with Gasteiger partial charge in [-0.2, -0.15) is 5.26 Å². The average molecular weight is 401 g/mol. The molecule has 0 aliphatic rings. The van der Waals surface area contributed by atoms with Crippen molar-refractivity contribution in [3.8, 4) is 17.3 Å². The highest BCUT2D eigenvalue weighted by molar-refractivity contribution is 7.11. The van der Waals surface area contributed by atoms with Crippen molar-refractivity contribution >= 4 is 39.9 Å². The number of rotatable bonds is 5. The highest BCUT2D eigenvalue weighted by Crippen LogP contribution is 2.27. The Bertz CT molecular complexity index is 1070. The van der Waals surface area contributed by atoms with Gasteiger partial charge >= 0.3 is 0 Å². The molecule has 0 amide bonds. The predicted octanol–water partition coefficient (Wildman–Crippen LogP) is 5.49. The van der Waals surface area contributed by atoms with E-state index in [2.05, 4.69) is 10.3 Å². The minimum Gasteiger partial charge on any atom is -0.358 e. The normalized spacial score (nSPS) is 11.1. The molecule has 6 nitrogen and oxygen atoms in total. The molecule has 0 radical (unpaired) electrons. The van der Waals surface area contributed by atoms with Gasteiger partial charge in [-0.3, -0.25) is 10.1 Å². The molecule has 0 fully saturated rings. The van der Waals surface area contributed by atoms with E-state index >= 15 is 0 Å². The molecule has 0 spiro atoms. The van der Waals surface area contributed by atoms with Crippen LogP contribution in [-0.2, 0) is 0 Å². The van der Waals surface area contributed by atoms with Gasteiger partial charge in [-0.25, -0.2) is 9.37 Å². The molecule has 0 saturated carbocycles. The number of anilines is 1. The Morgan fingerprint density at radius 3 is 2.70 bits per heavy atom. The van der Waals surface area contributed by atoms with E-state index < -0.39 is 10.7 Å². The van der Waals surface area contributed by atoms with Gasteiger partial charge in [-0.15, -0.1) is 11.3 Å². The molecule has 0 unspecified atom stereocenters. The Hall–Kier alpha value is -3.28. The highest BCUT2D eigenvalue weighted by Gasteiger charge is 2.12. The first-order valence-corrected chi connectivity index (χ1v) is 8.76. The fourth-order valence-electron chi connectivity index (χ4n) is 2.18. The fraction of sp³-hybridized carbons (Fsp3) is 0. The number of nitriles is 1. The van der Waals surface area contributed by atoms with E-state index in [-0.39, 0.29) is 16.9 Å². The number of nitrogens with zero attached hydrogens (tertiary/aromatic N) is 3. The van der Waals surface area contributed by atoms with Gasteiger partial charge in [-0.1, -0.05) is 23.7 Å². The van der Waals surface area contributed by atoms with Crippen molar-refractivity contribution in [2.24, 2.45) is 0 Å². The van der Waals surface area contributed by atoms with E-state index in [1.807, 2.05) is 18.2 Å². The second kappa shape index (κ2) is 7.95. The fourth-order valence-corrected chi connectivity index (χ4v) is 3.10. The van der Waals surface area contributed by atoms with Gasteiger partial charge in [0.2, 0.25) is 0 Å². The number of nitro groups is 1. The summed E-state index contributed by atoms with van der Waals surface area (Å²) in [6, 6.07) is 12.4. The van der Waals surface area contributed by atoms with Crippen LogP contribution in [0.25, 0.3) is 16.8 Å². The van der Waals surface area contributed by atoms with Crippen LogP contribution in [0, 0.1) is 27.3 Å². The zero-order valence-electron chi connectivity index (χ0n) is 13.5. The zero-order valence-corrected chi connectivity index (χ0v) is 15.1. The van der Waals surface area contributed by atoms with Crippen LogP contribution in [0.3, 0.4) is 0 Å². The molecule has 0 saturated heterocycles. The Morgan fingerprint density at radius 2 is 2.07 bits per heavy atom. The minimum atomic E-state index is -0.793. The van der Waals surface area contributed by atoms with Crippen LogP contribution in [0.1, 0.15) is 5.01 Å². The first-order valence-electron chi connectivity index (χ1n) is 7.50. The Morgan fingerprint density at radius 1 is 1.33 bits per heavy atom. The number of thiazole rings is 1. The number of halogens is 2. The maximum atomic E-state index is 13.9. The van der Waals surface area contributed by atoms with Gasteiger partial charge in [0.25, 0.3) is 5.69 Å². The third kappa shape index (κ3) is 4.28. The number of hydrogen-bond acceptors (Lipinski definition) is 6. The summed E-state index contributed by atoms with van der Waals surface area (Å²) in [4.78, 5) is 14.4. The van der Waals surface area contributed by atoms with Gasteiger partial charge in [0.05, 0.1) is 22.4 Å². The lowest BCUT2D eigenvalue weighted by Gasteiger charge is -2.03. The molecule has 1 heterocycles. The molecule has 0 bridgehead atoms. The standard InChI is InChI=1S/C18H10ClFN4O2S/c19-13-3-1-11(2-4-13)17-10-27-18(23-17)12(8-21)9-22-16-6-5-14(24(25)26)7-15(16)20/h1-7,9-10,22H/b12-9-. The van der Waals surface area contributed by atoms with Crippen molar-refractivity contribution in [3.63, 3.8) is 0 Å². The third-order valence-corrected chi connectivity index (χ3v) is 4.66. The molecule has 9 heteroatoms. The monoisotopic (exact) mass is 400 g/mol. The van der Waals surface area contributed by atoms with Crippen molar-refractivity contribution in [3.05, 3.63) is 80.0 Å². The van der Waals surface area contributed by atoms with Crippen molar-refractivity contribution in [2.75, 3.05) is 5.32 Å². The van der Waals surface area contributed by atoms with Crippen molar-refractivity contribution in [2.45, 2.75) is 0 Å². The molecule has 134 valence electrons. The number of allylic oxidation sites excluding steroid dienone is 1. The van der Waals surface area contributed by atoms with Gasteiger partial charge in [-0.05, 0) is 18.2 Å². The third-order valence-electron chi connectivity index (χ3n) is 3.53. The van der Waals surface area contributed by atoms with Crippen LogP contribution in [0.4, 0.5) is 15.8 Å². The van der Waals surface area contributed by atoms with E-state index in [9.17, 15) is 19.8 Å². The number of hydrogen-bond donors (Lipinski definition) is 1. The molecule has 0 aliphatic carbocycles. The molecule has 0 aliphatic heterocycles. The molecule has 3 rings (SSSR count). The van der Waals surface area contributed by atoms with Crippen molar-refractivity contribution in [1.29, 1.82) is 5.26 Å². The van der Waals surface area contributed by atoms with Crippen molar-refractivity contribution in [1.82, 2.24) is 4.98 Å². The van der Waals surface area contributed by atoms with Crippen LogP contribution in [-0.4, -0.2) is 9.91 Å². The first-order chi connectivity index (χ1) is 13.0. The smallest absolute Gasteiger partial charge is 0.272 e. The summed E-state index contributed by atoms with van der Waals surface area (Å²) in [5, 5.41) is 25.5. The summed E-state index contributed by atoms with van der Waals surface area (Å²) in [6.45, 7) is 0. The lowest BCUT2D eigenvalue weighted by molar-refractivity contribution is -0.385. The maximum Gasteiger partial charge on any atom is 0.272 e. The predicted molar refractivity (Wildman–Crippen MR) is 103 cm³/mol. The summed E-state index contributed by atoms with van der Waals surface area (Å²) in [6.07, 6.45) is 1.31. The van der Waals surface area contributed by atoms with Gasteiger partial charge < -0.3 is 5.32 Å². The largest absolute Gasteiger partial charge is 0.358 e. The molecule has 27 heavy (non-hydrogen) atoms. The van der Waals surface area contributed by atoms with Crippen LogP contribution < -0.4 is 5.32 Å². The summed E-state index contributed by atoms with van der Waals surface area (Å²) < 4.78 is 13.9. The number of nitrogens with one attached hydrogen (secondary N) is 1. The molecule has 1 N–H and O–H groups in total. The summed E-state index contributed by atoms with van der Waals surface area (Å²) in [5.74, 6) is -0.793. The molecule has 3 aromatic rings. The average Bonchev–Trinajstić information content (AvgIpc) is 3.13. The SMILES string of the molecule is N#C/C(=C/Nc1ccc([N+](=O)[O-])cc1F)c1nc(-c2ccc(Cl)cc2)cs1. The van der Waals surface area contributed by atoms with Gasteiger partial charge in [0.1, 0.15) is 16.6 Å². The summed E-state index contributed by atoms with van der Waals surface area (Å²) >= 11 is 7.14. The minimum absolute atomic E-state index is 0.0165. The molecular formula is C18H10ClFN4O2S. The van der Waals surface area contributed by atoms with E-state index in [0.29, 0.717) is 15.7 Å². The second-order valence-electron chi connectivity index (χ2n) is 5.28. The number of nitro benzene ring substituents is 1. The van der Waals surface area contributed by atoms with Gasteiger partial charge in [0.15, 0.2) is 5.82 Å². The Kier molecular flexibility index (Phi) is 5.45.